The third-order valence-electron chi connectivity index (χ3n) is 3.12. The van der Waals surface area contributed by atoms with Gasteiger partial charge in [0.15, 0.2) is 6.04 Å². The molecule has 124 valence electrons. The topological polar surface area (TPSA) is 131 Å². The first-order chi connectivity index (χ1) is 10.2. The molecule has 0 radical (unpaired) electrons. The van der Waals surface area contributed by atoms with Gasteiger partial charge in [0.2, 0.25) is 5.91 Å². The van der Waals surface area contributed by atoms with Crippen molar-refractivity contribution in [2.24, 2.45) is 0 Å². The summed E-state index contributed by atoms with van der Waals surface area (Å²) in [7, 11) is 0. The summed E-state index contributed by atoms with van der Waals surface area (Å²) in [4.78, 5) is 45.0. The van der Waals surface area contributed by atoms with E-state index in [1.54, 1.807) is 0 Å². The third kappa shape index (κ3) is 5.32. The fourth-order valence-electron chi connectivity index (χ4n) is 2.19. The van der Waals surface area contributed by atoms with Crippen LogP contribution in [-0.2, 0) is 28.7 Å². The third-order valence-corrected chi connectivity index (χ3v) is 3.12. The van der Waals surface area contributed by atoms with Crippen LogP contribution in [0.2, 0.25) is 0 Å². The van der Waals surface area contributed by atoms with Gasteiger partial charge in [-0.1, -0.05) is 0 Å². The van der Waals surface area contributed by atoms with Gasteiger partial charge in [0.25, 0.3) is 0 Å². The number of hydrogen-bond acceptors (Lipinski definition) is 7. The number of aliphatic carboxylic acids is 1. The fourth-order valence-corrected chi connectivity index (χ4v) is 2.19. The Morgan fingerprint density at radius 2 is 1.86 bits per heavy atom. The molecule has 9 heteroatoms. The summed E-state index contributed by atoms with van der Waals surface area (Å²) in [5.74, 6) is -2.95. The Bertz CT molecular complexity index is 465. The lowest BCUT2D eigenvalue weighted by atomic mass is 10.1. The van der Waals surface area contributed by atoms with Gasteiger partial charge in [0.1, 0.15) is 12.2 Å². The lowest BCUT2D eigenvalue weighted by molar-refractivity contribution is -0.154. The fraction of sp³-hybridized carbons (Fsp3) is 0.692. The molecule has 0 saturated carbocycles. The molecule has 1 saturated heterocycles. The maximum Gasteiger partial charge on any atom is 0.330 e. The highest BCUT2D eigenvalue weighted by molar-refractivity contribution is 5.87. The molecule has 0 aliphatic carbocycles. The van der Waals surface area contributed by atoms with Crippen LogP contribution < -0.4 is 10.6 Å². The zero-order valence-corrected chi connectivity index (χ0v) is 12.6. The molecule has 3 N–H and O–H groups in total. The Hall–Kier alpha value is -2.16. The van der Waals surface area contributed by atoms with Crippen molar-refractivity contribution < 1.29 is 33.8 Å². The van der Waals surface area contributed by atoms with Gasteiger partial charge >= 0.3 is 17.9 Å². The van der Waals surface area contributed by atoms with Gasteiger partial charge in [-0.2, -0.15) is 0 Å². The Morgan fingerprint density at radius 1 is 1.23 bits per heavy atom. The Kier molecular flexibility index (Phi) is 6.29. The van der Waals surface area contributed by atoms with Gasteiger partial charge < -0.3 is 25.2 Å². The molecule has 4 atom stereocenters. The summed E-state index contributed by atoms with van der Waals surface area (Å²) in [6.07, 6.45) is -1.19. The highest BCUT2D eigenvalue weighted by Crippen LogP contribution is 2.11. The van der Waals surface area contributed by atoms with E-state index in [0.29, 0.717) is 6.54 Å². The highest BCUT2D eigenvalue weighted by atomic mass is 16.5. The predicted molar refractivity (Wildman–Crippen MR) is 72.8 cm³/mol. The minimum absolute atomic E-state index is 0.250. The molecule has 1 aliphatic heterocycles. The zero-order chi connectivity index (χ0) is 16.9. The quantitative estimate of drug-likeness (QED) is 0.521. The molecule has 1 aliphatic rings. The number of carbonyl (C=O) groups excluding carboxylic acids is 3. The minimum atomic E-state index is -1.36. The summed E-state index contributed by atoms with van der Waals surface area (Å²) < 4.78 is 9.76. The Morgan fingerprint density at radius 3 is 2.36 bits per heavy atom. The van der Waals surface area contributed by atoms with E-state index in [9.17, 15) is 19.2 Å². The van der Waals surface area contributed by atoms with Crippen LogP contribution in [0.25, 0.3) is 0 Å². The second-order valence-corrected chi connectivity index (χ2v) is 5.07. The van der Waals surface area contributed by atoms with E-state index in [2.05, 4.69) is 10.6 Å². The van der Waals surface area contributed by atoms with E-state index in [-0.39, 0.29) is 6.42 Å². The molecule has 0 aromatic rings. The monoisotopic (exact) mass is 316 g/mol. The van der Waals surface area contributed by atoms with E-state index in [1.807, 2.05) is 0 Å². The molecule has 22 heavy (non-hydrogen) atoms. The molecule has 1 rings (SSSR count). The number of nitrogens with one attached hydrogen (secondary N) is 2. The molecule has 0 spiro atoms. The number of hydrogen-bond donors (Lipinski definition) is 3. The number of carboxylic acid groups (broad SMARTS) is 1. The maximum atomic E-state index is 12.1. The van der Waals surface area contributed by atoms with E-state index in [0.717, 1.165) is 6.92 Å². The van der Waals surface area contributed by atoms with Crippen LogP contribution in [-0.4, -0.2) is 59.8 Å². The molecule has 4 unspecified atom stereocenters. The first-order valence-electron chi connectivity index (χ1n) is 6.81. The first-order valence-corrected chi connectivity index (χ1v) is 6.81. The van der Waals surface area contributed by atoms with Crippen molar-refractivity contribution in [3.05, 3.63) is 0 Å². The standard InChI is InChI=1S/C13H20N2O7/c1-6(21-7(2)16)11(13(19)20)15-12(18)10-4-9(5-14-10)22-8(3)17/h6,9-11,14H,4-5H2,1-3H3,(H,15,18)(H,19,20). The van der Waals surface area contributed by atoms with Crippen molar-refractivity contribution in [1.82, 2.24) is 10.6 Å². The van der Waals surface area contributed by atoms with Gasteiger partial charge in [-0.25, -0.2) is 4.79 Å². The predicted octanol–water partition coefficient (Wildman–Crippen LogP) is -1.20. The van der Waals surface area contributed by atoms with E-state index in [1.165, 1.54) is 13.8 Å². The number of ether oxygens (including phenoxy) is 2. The van der Waals surface area contributed by atoms with E-state index >= 15 is 0 Å². The lowest BCUT2D eigenvalue weighted by Crippen LogP contribution is -2.53. The number of carbonyl (C=O) groups is 4. The molecule has 1 amide bonds. The van der Waals surface area contributed by atoms with Crippen molar-refractivity contribution >= 4 is 23.8 Å². The molecule has 9 nitrogen and oxygen atoms in total. The Labute approximate surface area is 127 Å². The summed E-state index contributed by atoms with van der Waals surface area (Å²) in [5, 5.41) is 14.3. The van der Waals surface area contributed by atoms with Crippen LogP contribution in [0.1, 0.15) is 27.2 Å². The summed E-state index contributed by atoms with van der Waals surface area (Å²) in [6, 6.07) is -2.03. The second-order valence-electron chi connectivity index (χ2n) is 5.07. The van der Waals surface area contributed by atoms with Crippen LogP contribution in [0, 0.1) is 0 Å². The van der Waals surface area contributed by atoms with Crippen molar-refractivity contribution in [3.63, 3.8) is 0 Å². The molecule has 1 heterocycles. The van der Waals surface area contributed by atoms with Crippen LogP contribution in [0.5, 0.6) is 0 Å². The molecule has 0 aromatic carbocycles. The van der Waals surface area contributed by atoms with Crippen LogP contribution in [0.3, 0.4) is 0 Å². The average Bonchev–Trinajstić information content (AvgIpc) is 2.81. The van der Waals surface area contributed by atoms with Gasteiger partial charge in [-0.15, -0.1) is 0 Å². The summed E-state index contributed by atoms with van der Waals surface area (Å²) in [6.45, 7) is 4.12. The smallest absolute Gasteiger partial charge is 0.330 e. The van der Waals surface area contributed by atoms with Gasteiger partial charge in [-0.05, 0) is 6.92 Å². The number of esters is 2. The molecule has 0 aromatic heterocycles. The van der Waals surface area contributed by atoms with Crippen molar-refractivity contribution in [2.75, 3.05) is 6.54 Å². The SMILES string of the molecule is CC(=O)OC1CNC(C(=O)NC(C(=O)O)C(C)OC(C)=O)C1. The number of rotatable bonds is 6. The second kappa shape index (κ2) is 7.74. The normalized spacial score (nSPS) is 23.2. The lowest BCUT2D eigenvalue weighted by Gasteiger charge is -2.22. The van der Waals surface area contributed by atoms with Crippen LogP contribution in [0.15, 0.2) is 0 Å². The van der Waals surface area contributed by atoms with Gasteiger partial charge in [0, 0.05) is 26.8 Å². The zero-order valence-electron chi connectivity index (χ0n) is 12.6. The molecule has 0 bridgehead atoms. The molecular weight excluding hydrogens is 296 g/mol. The van der Waals surface area contributed by atoms with Crippen molar-refractivity contribution in [3.8, 4) is 0 Å². The minimum Gasteiger partial charge on any atom is -0.480 e. The van der Waals surface area contributed by atoms with Crippen LogP contribution in [0.4, 0.5) is 0 Å². The number of carboxylic acids is 1. The first kappa shape index (κ1) is 17.9. The van der Waals surface area contributed by atoms with E-state index < -0.39 is 48.1 Å². The van der Waals surface area contributed by atoms with Gasteiger partial charge in [-0.3, -0.25) is 14.4 Å². The van der Waals surface area contributed by atoms with Crippen molar-refractivity contribution in [2.45, 2.75) is 51.5 Å². The van der Waals surface area contributed by atoms with E-state index in [4.69, 9.17) is 14.6 Å². The molecule has 1 fully saturated rings. The largest absolute Gasteiger partial charge is 0.480 e. The van der Waals surface area contributed by atoms with Crippen LogP contribution >= 0.6 is 0 Å². The maximum absolute atomic E-state index is 12.1. The van der Waals surface area contributed by atoms with Gasteiger partial charge in [0.05, 0.1) is 6.04 Å². The van der Waals surface area contributed by atoms with Crippen molar-refractivity contribution in [1.29, 1.82) is 0 Å². The highest BCUT2D eigenvalue weighted by Gasteiger charge is 2.35. The number of amides is 1. The Balaban J connectivity index is 2.59. The average molecular weight is 316 g/mol. The summed E-state index contributed by atoms with van der Waals surface area (Å²) in [5.41, 5.74) is 0. The summed E-state index contributed by atoms with van der Waals surface area (Å²) >= 11 is 0. The molecular formula is C13H20N2O7.